The van der Waals surface area contributed by atoms with Crippen LogP contribution in [0.1, 0.15) is 47.5 Å². The minimum atomic E-state index is 0.670. The molecule has 0 aromatic carbocycles. The lowest BCUT2D eigenvalue weighted by Gasteiger charge is -2.31. The zero-order valence-corrected chi connectivity index (χ0v) is 11.1. The third kappa shape index (κ3) is 4.12. The Labute approximate surface area is 95.4 Å². The SMILES string of the molecule is CC1CNC(CCN(C(C)C)C(C)C)C1. The first kappa shape index (κ1) is 13.0. The monoisotopic (exact) mass is 212 g/mol. The Bertz CT molecular complexity index is 169. The van der Waals surface area contributed by atoms with E-state index in [1.807, 2.05) is 0 Å². The molecule has 1 N–H and O–H groups in total. The third-order valence-electron chi connectivity index (χ3n) is 3.50. The van der Waals surface area contributed by atoms with Gasteiger partial charge in [0.1, 0.15) is 0 Å². The van der Waals surface area contributed by atoms with E-state index < -0.39 is 0 Å². The molecule has 0 spiro atoms. The van der Waals surface area contributed by atoms with E-state index in [-0.39, 0.29) is 0 Å². The zero-order valence-electron chi connectivity index (χ0n) is 11.1. The van der Waals surface area contributed by atoms with Gasteiger partial charge in [0.2, 0.25) is 0 Å². The molecule has 90 valence electrons. The average molecular weight is 212 g/mol. The van der Waals surface area contributed by atoms with E-state index in [1.165, 1.54) is 25.9 Å². The van der Waals surface area contributed by atoms with Crippen molar-refractivity contribution in [3.63, 3.8) is 0 Å². The van der Waals surface area contributed by atoms with Gasteiger partial charge >= 0.3 is 0 Å². The molecular weight excluding hydrogens is 184 g/mol. The van der Waals surface area contributed by atoms with Crippen LogP contribution in [0.4, 0.5) is 0 Å². The smallest absolute Gasteiger partial charge is 0.00823 e. The van der Waals surface area contributed by atoms with Crippen molar-refractivity contribution in [3.05, 3.63) is 0 Å². The molecular formula is C13H28N2. The first-order chi connectivity index (χ1) is 7.00. The van der Waals surface area contributed by atoms with Crippen LogP contribution in [0.3, 0.4) is 0 Å². The maximum atomic E-state index is 3.61. The standard InChI is InChI=1S/C13H28N2/c1-10(2)15(11(3)4)7-6-13-8-12(5)9-14-13/h10-14H,6-9H2,1-5H3. The van der Waals surface area contributed by atoms with Crippen LogP contribution in [0.2, 0.25) is 0 Å². The van der Waals surface area contributed by atoms with Crippen LogP contribution in [0.25, 0.3) is 0 Å². The molecule has 15 heavy (non-hydrogen) atoms. The third-order valence-corrected chi connectivity index (χ3v) is 3.50. The topological polar surface area (TPSA) is 15.3 Å². The lowest BCUT2D eigenvalue weighted by molar-refractivity contribution is 0.167. The van der Waals surface area contributed by atoms with E-state index in [0.29, 0.717) is 12.1 Å². The second-order valence-electron chi connectivity index (χ2n) is 5.66. The van der Waals surface area contributed by atoms with Crippen molar-refractivity contribution in [1.82, 2.24) is 10.2 Å². The van der Waals surface area contributed by atoms with E-state index in [2.05, 4.69) is 44.8 Å². The predicted molar refractivity (Wildman–Crippen MR) is 67.2 cm³/mol. The van der Waals surface area contributed by atoms with Crippen LogP contribution >= 0.6 is 0 Å². The molecule has 1 rings (SSSR count). The minimum absolute atomic E-state index is 0.670. The van der Waals surface area contributed by atoms with Gasteiger partial charge in [-0.1, -0.05) is 6.92 Å². The van der Waals surface area contributed by atoms with Crippen LogP contribution in [-0.2, 0) is 0 Å². The lowest BCUT2D eigenvalue weighted by atomic mass is 10.1. The Morgan fingerprint density at radius 1 is 1.20 bits per heavy atom. The second kappa shape index (κ2) is 5.86. The molecule has 0 bridgehead atoms. The first-order valence-corrected chi connectivity index (χ1v) is 6.49. The van der Waals surface area contributed by atoms with Crippen molar-refractivity contribution < 1.29 is 0 Å². The number of hydrogen-bond donors (Lipinski definition) is 1. The fourth-order valence-corrected chi connectivity index (χ4v) is 2.66. The van der Waals surface area contributed by atoms with Gasteiger partial charge in [0.15, 0.2) is 0 Å². The summed E-state index contributed by atoms with van der Waals surface area (Å²) in [6.07, 6.45) is 2.67. The number of rotatable bonds is 5. The van der Waals surface area contributed by atoms with E-state index >= 15 is 0 Å². The van der Waals surface area contributed by atoms with Gasteiger partial charge < -0.3 is 5.32 Å². The molecule has 0 aliphatic carbocycles. The molecule has 0 radical (unpaired) electrons. The number of nitrogens with one attached hydrogen (secondary N) is 1. The van der Waals surface area contributed by atoms with Gasteiger partial charge in [-0.3, -0.25) is 4.90 Å². The summed E-state index contributed by atoms with van der Waals surface area (Å²) >= 11 is 0. The summed E-state index contributed by atoms with van der Waals surface area (Å²) in [7, 11) is 0. The second-order valence-corrected chi connectivity index (χ2v) is 5.66. The van der Waals surface area contributed by atoms with Crippen molar-refractivity contribution >= 4 is 0 Å². The Morgan fingerprint density at radius 3 is 2.20 bits per heavy atom. The number of hydrogen-bond acceptors (Lipinski definition) is 2. The largest absolute Gasteiger partial charge is 0.314 e. The van der Waals surface area contributed by atoms with E-state index in [0.717, 1.165) is 12.0 Å². The molecule has 0 saturated carbocycles. The molecule has 2 heteroatoms. The molecule has 0 aromatic rings. The van der Waals surface area contributed by atoms with Gasteiger partial charge in [-0.05, 0) is 53.0 Å². The summed E-state index contributed by atoms with van der Waals surface area (Å²) in [6, 6.07) is 2.10. The molecule has 2 nitrogen and oxygen atoms in total. The summed E-state index contributed by atoms with van der Waals surface area (Å²) < 4.78 is 0. The molecule has 2 atom stereocenters. The van der Waals surface area contributed by atoms with Crippen molar-refractivity contribution in [2.24, 2.45) is 5.92 Å². The Kier molecular flexibility index (Phi) is 5.07. The van der Waals surface area contributed by atoms with Gasteiger partial charge in [-0.25, -0.2) is 0 Å². The van der Waals surface area contributed by atoms with E-state index in [9.17, 15) is 0 Å². The van der Waals surface area contributed by atoms with Crippen LogP contribution in [0, 0.1) is 5.92 Å². The van der Waals surface area contributed by atoms with Crippen LogP contribution in [0.15, 0.2) is 0 Å². The van der Waals surface area contributed by atoms with Gasteiger partial charge in [0.25, 0.3) is 0 Å². The maximum Gasteiger partial charge on any atom is 0.00823 e. The summed E-state index contributed by atoms with van der Waals surface area (Å²) in [6.45, 7) is 14.0. The minimum Gasteiger partial charge on any atom is -0.314 e. The molecule has 1 saturated heterocycles. The average Bonchev–Trinajstić information content (AvgIpc) is 2.50. The highest BCUT2D eigenvalue weighted by Crippen LogP contribution is 2.17. The summed E-state index contributed by atoms with van der Waals surface area (Å²) in [5.41, 5.74) is 0. The predicted octanol–water partition coefficient (Wildman–Crippen LogP) is 2.49. The Hall–Kier alpha value is -0.0800. The molecule has 2 unspecified atom stereocenters. The molecule has 1 heterocycles. The van der Waals surface area contributed by atoms with Crippen LogP contribution in [0.5, 0.6) is 0 Å². The zero-order chi connectivity index (χ0) is 11.4. The van der Waals surface area contributed by atoms with Crippen molar-refractivity contribution in [2.45, 2.75) is 65.6 Å². The normalized spacial score (nSPS) is 27.2. The molecule has 0 amide bonds. The highest BCUT2D eigenvalue weighted by molar-refractivity contribution is 4.81. The summed E-state index contributed by atoms with van der Waals surface area (Å²) in [5, 5.41) is 3.61. The Balaban J connectivity index is 2.27. The van der Waals surface area contributed by atoms with E-state index in [4.69, 9.17) is 0 Å². The lowest BCUT2D eigenvalue weighted by Crippen LogP contribution is -2.39. The van der Waals surface area contributed by atoms with Gasteiger partial charge in [0.05, 0.1) is 0 Å². The summed E-state index contributed by atoms with van der Waals surface area (Å²) in [4.78, 5) is 2.59. The maximum absolute atomic E-state index is 3.61. The molecule has 1 fully saturated rings. The molecule has 1 aliphatic heterocycles. The first-order valence-electron chi connectivity index (χ1n) is 6.49. The Morgan fingerprint density at radius 2 is 1.80 bits per heavy atom. The highest BCUT2D eigenvalue weighted by atomic mass is 15.2. The summed E-state index contributed by atoms with van der Waals surface area (Å²) in [5.74, 6) is 0.876. The number of nitrogens with zero attached hydrogens (tertiary/aromatic N) is 1. The van der Waals surface area contributed by atoms with Crippen LogP contribution in [-0.4, -0.2) is 36.1 Å². The van der Waals surface area contributed by atoms with Crippen LogP contribution < -0.4 is 5.32 Å². The van der Waals surface area contributed by atoms with Crippen molar-refractivity contribution in [3.8, 4) is 0 Å². The van der Waals surface area contributed by atoms with Crippen molar-refractivity contribution in [2.75, 3.05) is 13.1 Å². The fourth-order valence-electron chi connectivity index (χ4n) is 2.66. The van der Waals surface area contributed by atoms with Gasteiger partial charge in [-0.15, -0.1) is 0 Å². The quantitative estimate of drug-likeness (QED) is 0.753. The fraction of sp³-hybridized carbons (Fsp3) is 1.00. The van der Waals surface area contributed by atoms with E-state index in [1.54, 1.807) is 0 Å². The van der Waals surface area contributed by atoms with Gasteiger partial charge in [0, 0.05) is 24.7 Å². The van der Waals surface area contributed by atoms with Crippen molar-refractivity contribution in [1.29, 1.82) is 0 Å². The highest BCUT2D eigenvalue weighted by Gasteiger charge is 2.22. The van der Waals surface area contributed by atoms with Gasteiger partial charge in [-0.2, -0.15) is 0 Å². The molecule has 0 aromatic heterocycles. The molecule has 1 aliphatic rings.